The largest absolute Gasteiger partial charge is 0.0776 e. The Labute approximate surface area is 242 Å². The molecule has 0 nitrogen and oxygen atoms in total. The highest BCUT2D eigenvalue weighted by atomic mass is 14.4. The van der Waals surface area contributed by atoms with Gasteiger partial charge in [0.25, 0.3) is 0 Å². The van der Waals surface area contributed by atoms with Gasteiger partial charge in [-0.15, -0.1) is 0 Å². The fourth-order valence-electron chi connectivity index (χ4n) is 7.95. The van der Waals surface area contributed by atoms with E-state index >= 15 is 0 Å². The van der Waals surface area contributed by atoms with Crippen LogP contribution in [0.2, 0.25) is 0 Å². The van der Waals surface area contributed by atoms with Gasteiger partial charge in [-0.25, -0.2) is 0 Å². The van der Waals surface area contributed by atoms with E-state index < -0.39 is 0 Å². The van der Waals surface area contributed by atoms with Crippen LogP contribution in [-0.4, -0.2) is 0 Å². The number of hydrogen-bond acceptors (Lipinski definition) is 0. The molecule has 0 aliphatic heterocycles. The SMILES string of the molecule is C.C.C.C.C.C.C.C.CC1CCC(CC2CCC(CC3CCC(CC4CCC(C)CC4)CC3)CC2)CC1. The van der Waals surface area contributed by atoms with Gasteiger partial charge in [0, 0.05) is 0 Å². The fourth-order valence-corrected chi connectivity index (χ4v) is 7.95. The molecule has 0 amide bonds. The average Bonchev–Trinajstić information content (AvgIpc) is 2.74. The molecule has 0 radical (unpaired) electrons. The highest BCUT2D eigenvalue weighted by molar-refractivity contribution is 4.82. The Morgan fingerprint density at radius 1 is 0.270 bits per heavy atom. The number of rotatable bonds is 6. The zero-order chi connectivity index (χ0) is 20.1. The molecule has 0 atom stereocenters. The van der Waals surface area contributed by atoms with E-state index in [0.29, 0.717) is 0 Å². The smallest absolute Gasteiger partial charge is 0.0411 e. The van der Waals surface area contributed by atoms with Crippen molar-refractivity contribution in [3.05, 3.63) is 0 Å². The predicted molar refractivity (Wildman–Crippen MR) is 181 cm³/mol. The molecule has 4 rings (SSSR count). The third-order valence-electron chi connectivity index (χ3n) is 10.2. The molecule has 0 aromatic carbocycles. The molecule has 0 N–H and O–H groups in total. The first kappa shape index (κ1) is 46.8. The van der Waals surface area contributed by atoms with Crippen LogP contribution >= 0.6 is 0 Å². The lowest BCUT2D eigenvalue weighted by molar-refractivity contribution is 0.154. The third kappa shape index (κ3) is 15.4. The summed E-state index contributed by atoms with van der Waals surface area (Å²) in [6, 6.07) is 0. The van der Waals surface area contributed by atoms with Crippen molar-refractivity contribution in [1.82, 2.24) is 0 Å². The van der Waals surface area contributed by atoms with Crippen LogP contribution in [0.3, 0.4) is 0 Å². The molecule has 4 aliphatic carbocycles. The van der Waals surface area contributed by atoms with Gasteiger partial charge in [0.15, 0.2) is 0 Å². The van der Waals surface area contributed by atoms with E-state index in [1.165, 1.54) is 25.7 Å². The summed E-state index contributed by atoms with van der Waals surface area (Å²) in [5.74, 6) is 8.60. The molecule has 0 saturated heterocycles. The lowest BCUT2D eigenvalue weighted by Crippen LogP contribution is -2.24. The quantitative estimate of drug-likeness (QED) is 0.321. The first-order chi connectivity index (χ1) is 14.1. The Morgan fingerprint density at radius 3 is 0.568 bits per heavy atom. The molecule has 0 spiro atoms. The van der Waals surface area contributed by atoms with E-state index in [0.717, 1.165) is 47.3 Å². The highest BCUT2D eigenvalue weighted by Crippen LogP contribution is 2.43. The molecule has 0 unspecified atom stereocenters. The molecule has 4 aliphatic rings. The van der Waals surface area contributed by atoms with Crippen molar-refractivity contribution in [3.8, 4) is 0 Å². The summed E-state index contributed by atoms with van der Waals surface area (Å²) in [4.78, 5) is 0. The van der Waals surface area contributed by atoms with Crippen LogP contribution in [0, 0.1) is 47.3 Å². The van der Waals surface area contributed by atoms with Gasteiger partial charge < -0.3 is 0 Å². The van der Waals surface area contributed by atoms with Crippen LogP contribution in [-0.2, 0) is 0 Å². The molecule has 4 saturated carbocycles. The van der Waals surface area contributed by atoms with Gasteiger partial charge in [-0.3, -0.25) is 0 Å². The third-order valence-corrected chi connectivity index (χ3v) is 10.2. The molecular formula is C37H84. The molecule has 0 aromatic heterocycles. The maximum atomic E-state index is 2.46. The van der Waals surface area contributed by atoms with Crippen molar-refractivity contribution in [2.24, 2.45) is 47.3 Å². The van der Waals surface area contributed by atoms with Crippen LogP contribution in [0.25, 0.3) is 0 Å². The molecular weight excluding hydrogens is 444 g/mol. The van der Waals surface area contributed by atoms with Crippen molar-refractivity contribution in [2.45, 2.75) is 195 Å². The van der Waals surface area contributed by atoms with Crippen molar-refractivity contribution in [1.29, 1.82) is 0 Å². The Balaban J connectivity index is -0.000000427. The van der Waals surface area contributed by atoms with Gasteiger partial charge in [0.2, 0.25) is 0 Å². The predicted octanol–water partition coefficient (Wildman–Crippen LogP) is 14.5. The van der Waals surface area contributed by atoms with Crippen LogP contribution in [0.1, 0.15) is 195 Å². The van der Waals surface area contributed by atoms with Crippen molar-refractivity contribution < 1.29 is 0 Å². The minimum absolute atomic E-state index is 0. The first-order valence-electron chi connectivity index (χ1n) is 14.1. The minimum atomic E-state index is 0. The molecule has 0 heterocycles. The molecule has 37 heavy (non-hydrogen) atoms. The first-order valence-corrected chi connectivity index (χ1v) is 14.1. The number of hydrogen-bond donors (Lipinski definition) is 0. The van der Waals surface area contributed by atoms with Crippen LogP contribution < -0.4 is 0 Å². The minimum Gasteiger partial charge on any atom is -0.0776 e. The standard InChI is InChI=1S/C29H52.8CH4/c1-22-3-7-24(8-4-22)19-26-11-15-28(16-12-26)21-29-17-13-27(14-18-29)20-25-9-5-23(2)6-10-25;;;;;;;;/h22-29H,3-21H2,1-2H3;8*1H4. The summed E-state index contributed by atoms with van der Waals surface area (Å²) in [5.41, 5.74) is 0. The maximum absolute atomic E-state index is 2.46. The van der Waals surface area contributed by atoms with Crippen molar-refractivity contribution in [2.75, 3.05) is 0 Å². The Hall–Kier alpha value is 0. The second-order valence-electron chi connectivity index (χ2n) is 12.7. The lowest BCUT2D eigenvalue weighted by atomic mass is 9.69. The molecule has 0 bridgehead atoms. The summed E-state index contributed by atoms with van der Waals surface area (Å²) in [7, 11) is 0. The Morgan fingerprint density at radius 2 is 0.405 bits per heavy atom. The average molecular weight is 529 g/mol. The van der Waals surface area contributed by atoms with Crippen molar-refractivity contribution >= 4 is 0 Å². The fraction of sp³-hybridized carbons (Fsp3) is 1.00. The zero-order valence-corrected chi connectivity index (χ0v) is 20.1. The monoisotopic (exact) mass is 529 g/mol. The summed E-state index contributed by atoms with van der Waals surface area (Å²) in [6.07, 6.45) is 29.6. The van der Waals surface area contributed by atoms with Crippen LogP contribution in [0.15, 0.2) is 0 Å². The normalized spacial score (nSPS) is 34.9. The maximum Gasteiger partial charge on any atom is -0.0411 e. The second-order valence-corrected chi connectivity index (χ2v) is 12.7. The highest BCUT2D eigenvalue weighted by Gasteiger charge is 2.30. The second kappa shape index (κ2) is 23.9. The molecule has 0 aromatic rings. The lowest BCUT2D eigenvalue weighted by Gasteiger charge is -2.37. The van der Waals surface area contributed by atoms with Crippen LogP contribution in [0.4, 0.5) is 0 Å². The summed E-state index contributed by atoms with van der Waals surface area (Å²) in [5, 5.41) is 0. The van der Waals surface area contributed by atoms with E-state index in [-0.39, 0.29) is 59.4 Å². The van der Waals surface area contributed by atoms with Gasteiger partial charge in [-0.2, -0.15) is 0 Å². The van der Waals surface area contributed by atoms with Gasteiger partial charge in [0.05, 0.1) is 0 Å². The van der Waals surface area contributed by atoms with Crippen molar-refractivity contribution in [3.63, 3.8) is 0 Å². The zero-order valence-electron chi connectivity index (χ0n) is 20.1. The summed E-state index contributed by atoms with van der Waals surface area (Å²) >= 11 is 0. The molecule has 0 heteroatoms. The topological polar surface area (TPSA) is 0 Å². The molecule has 232 valence electrons. The Bertz CT molecular complexity index is 393. The Kier molecular flexibility index (Phi) is 30.2. The van der Waals surface area contributed by atoms with Gasteiger partial charge in [0.1, 0.15) is 0 Å². The van der Waals surface area contributed by atoms with Crippen LogP contribution in [0.5, 0.6) is 0 Å². The van der Waals surface area contributed by atoms with Gasteiger partial charge in [-0.05, 0) is 66.6 Å². The summed E-state index contributed by atoms with van der Waals surface area (Å²) < 4.78 is 0. The summed E-state index contributed by atoms with van der Waals surface area (Å²) in [6.45, 7) is 4.93. The van der Waals surface area contributed by atoms with E-state index in [1.54, 1.807) is 96.3 Å². The van der Waals surface area contributed by atoms with E-state index in [2.05, 4.69) is 13.8 Å². The van der Waals surface area contributed by atoms with Gasteiger partial charge >= 0.3 is 0 Å². The van der Waals surface area contributed by atoms with Gasteiger partial charge in [-0.1, -0.05) is 176 Å². The molecule has 4 fully saturated rings. The van der Waals surface area contributed by atoms with E-state index in [4.69, 9.17) is 0 Å². The van der Waals surface area contributed by atoms with E-state index in [1.807, 2.05) is 0 Å². The van der Waals surface area contributed by atoms with E-state index in [9.17, 15) is 0 Å².